The molecular formula is C26H34F2. The molecule has 0 heterocycles. The number of benzene rings is 1. The van der Waals surface area contributed by atoms with E-state index in [9.17, 15) is 8.78 Å². The van der Waals surface area contributed by atoms with Gasteiger partial charge in [0.25, 0.3) is 0 Å². The van der Waals surface area contributed by atoms with Gasteiger partial charge in [0.2, 0.25) is 0 Å². The van der Waals surface area contributed by atoms with Crippen LogP contribution in [0.4, 0.5) is 8.78 Å². The molecule has 0 aromatic heterocycles. The van der Waals surface area contributed by atoms with Crippen LogP contribution in [0.3, 0.4) is 0 Å². The average Bonchev–Trinajstić information content (AvgIpc) is 2.93. The predicted octanol–water partition coefficient (Wildman–Crippen LogP) is 7.58. The molecule has 0 saturated heterocycles. The molecule has 152 valence electrons. The van der Waals surface area contributed by atoms with Gasteiger partial charge in [-0.15, -0.1) is 0 Å². The molecule has 0 radical (unpaired) electrons. The van der Waals surface area contributed by atoms with Crippen molar-refractivity contribution < 1.29 is 8.78 Å². The van der Waals surface area contributed by atoms with E-state index >= 15 is 0 Å². The first-order valence-electron chi connectivity index (χ1n) is 11.4. The summed E-state index contributed by atoms with van der Waals surface area (Å²) in [5, 5.41) is 0. The third kappa shape index (κ3) is 2.39. The number of allylic oxidation sites excluding steroid dienone is 2. The maximum absolute atomic E-state index is 14.1. The van der Waals surface area contributed by atoms with Gasteiger partial charge in [0.1, 0.15) is 11.6 Å². The summed E-state index contributed by atoms with van der Waals surface area (Å²) < 4.78 is 28.1. The van der Waals surface area contributed by atoms with Crippen molar-refractivity contribution in [2.45, 2.75) is 84.0 Å². The molecule has 3 fully saturated rings. The van der Waals surface area contributed by atoms with Crippen molar-refractivity contribution >= 4 is 0 Å². The van der Waals surface area contributed by atoms with E-state index in [0.717, 1.165) is 29.9 Å². The lowest BCUT2D eigenvalue weighted by molar-refractivity contribution is -0.0564. The van der Waals surface area contributed by atoms with Crippen molar-refractivity contribution in [3.05, 3.63) is 47.0 Å². The Kier molecular flexibility index (Phi) is 4.14. The van der Waals surface area contributed by atoms with Crippen molar-refractivity contribution in [3.63, 3.8) is 0 Å². The van der Waals surface area contributed by atoms with E-state index in [-0.39, 0.29) is 10.8 Å². The van der Waals surface area contributed by atoms with Crippen LogP contribution < -0.4 is 0 Å². The van der Waals surface area contributed by atoms with Crippen molar-refractivity contribution in [2.24, 2.45) is 28.6 Å². The molecule has 0 amide bonds. The molecule has 28 heavy (non-hydrogen) atoms. The van der Waals surface area contributed by atoms with E-state index in [1.807, 2.05) is 0 Å². The zero-order valence-corrected chi connectivity index (χ0v) is 17.7. The van der Waals surface area contributed by atoms with Gasteiger partial charge in [-0.2, -0.15) is 0 Å². The van der Waals surface area contributed by atoms with E-state index in [1.165, 1.54) is 51.4 Å². The van der Waals surface area contributed by atoms with Gasteiger partial charge in [0, 0.05) is 6.07 Å². The Morgan fingerprint density at radius 3 is 2.32 bits per heavy atom. The van der Waals surface area contributed by atoms with Crippen LogP contribution in [-0.4, -0.2) is 0 Å². The molecule has 4 aliphatic carbocycles. The summed E-state index contributed by atoms with van der Waals surface area (Å²) in [5.41, 5.74) is 3.05. The fourth-order valence-corrected chi connectivity index (χ4v) is 8.37. The standard InChI is InChI=1S/C26H34F2/c1-24-11-5-4-6-17(24)7-8-21-22(24)9-13-26(3)23(21)10-12-25(26,2)18-14-19(27)16-20(28)15-18/h6,14-16,21-23H,4-5,7-13H2,1-3H3/t21?,22-,23-,24-,25+,26-/m0/s1. The van der Waals surface area contributed by atoms with Crippen LogP contribution in [0.2, 0.25) is 0 Å². The second kappa shape index (κ2) is 6.16. The minimum atomic E-state index is -0.431. The molecule has 1 aromatic rings. The third-order valence-corrected chi connectivity index (χ3v) is 10.1. The highest BCUT2D eigenvalue weighted by Gasteiger charge is 2.62. The Hall–Kier alpha value is -1.18. The van der Waals surface area contributed by atoms with Crippen molar-refractivity contribution in [3.8, 4) is 0 Å². The van der Waals surface area contributed by atoms with Crippen molar-refractivity contribution in [1.82, 2.24) is 0 Å². The van der Waals surface area contributed by atoms with E-state index in [0.29, 0.717) is 11.3 Å². The quantitative estimate of drug-likeness (QED) is 0.438. The van der Waals surface area contributed by atoms with Gasteiger partial charge in [0.15, 0.2) is 0 Å². The predicted molar refractivity (Wildman–Crippen MR) is 110 cm³/mol. The number of fused-ring (bicyclic) bond motifs is 5. The molecule has 0 spiro atoms. The molecule has 0 N–H and O–H groups in total. The van der Waals surface area contributed by atoms with Gasteiger partial charge in [-0.25, -0.2) is 8.78 Å². The Balaban J connectivity index is 1.52. The molecule has 0 nitrogen and oxygen atoms in total. The molecule has 4 aliphatic rings. The topological polar surface area (TPSA) is 0 Å². The maximum atomic E-state index is 14.1. The minimum Gasteiger partial charge on any atom is -0.207 e. The number of hydrogen-bond acceptors (Lipinski definition) is 0. The molecule has 0 aliphatic heterocycles. The van der Waals surface area contributed by atoms with Crippen LogP contribution in [0.1, 0.15) is 84.1 Å². The fourth-order valence-electron chi connectivity index (χ4n) is 8.37. The smallest absolute Gasteiger partial charge is 0.126 e. The minimum absolute atomic E-state index is 0.130. The SMILES string of the molecule is C[C@]12CCCC=C1CCC1[C@@H]2CC[C@@]2(C)[C@H]1CC[C@]2(C)c1cc(F)cc(F)c1. The summed E-state index contributed by atoms with van der Waals surface area (Å²) in [6, 6.07) is 4.22. The third-order valence-electron chi connectivity index (χ3n) is 10.1. The zero-order chi connectivity index (χ0) is 19.7. The summed E-state index contributed by atoms with van der Waals surface area (Å²) in [4.78, 5) is 0. The van der Waals surface area contributed by atoms with Crippen molar-refractivity contribution in [2.75, 3.05) is 0 Å². The van der Waals surface area contributed by atoms with Crippen molar-refractivity contribution in [1.29, 1.82) is 0 Å². The molecule has 0 bridgehead atoms. The Morgan fingerprint density at radius 2 is 1.57 bits per heavy atom. The second-order valence-electron chi connectivity index (χ2n) is 10.9. The van der Waals surface area contributed by atoms with Gasteiger partial charge in [-0.1, -0.05) is 32.4 Å². The number of hydrogen-bond donors (Lipinski definition) is 0. The normalized spacial score (nSPS) is 45.0. The number of rotatable bonds is 1. The van der Waals surface area contributed by atoms with Gasteiger partial charge < -0.3 is 0 Å². The molecule has 5 rings (SSSR count). The lowest BCUT2D eigenvalue weighted by Crippen LogP contribution is -2.52. The summed E-state index contributed by atoms with van der Waals surface area (Å²) in [5.74, 6) is 1.40. The Labute approximate surface area is 168 Å². The van der Waals surface area contributed by atoms with Crippen LogP contribution in [0.5, 0.6) is 0 Å². The first kappa shape index (κ1) is 18.8. The van der Waals surface area contributed by atoms with Crippen LogP contribution in [-0.2, 0) is 5.41 Å². The highest BCUT2D eigenvalue weighted by Crippen LogP contribution is 2.70. The van der Waals surface area contributed by atoms with Crippen LogP contribution in [0, 0.1) is 40.2 Å². The second-order valence-corrected chi connectivity index (χ2v) is 10.9. The van der Waals surface area contributed by atoms with Gasteiger partial charge >= 0.3 is 0 Å². The molecular weight excluding hydrogens is 350 g/mol. The molecule has 2 heteroatoms. The summed E-state index contributed by atoms with van der Waals surface area (Å²) in [6.45, 7) is 7.28. The Bertz CT molecular complexity index is 805. The van der Waals surface area contributed by atoms with E-state index in [2.05, 4.69) is 26.8 Å². The molecule has 1 aromatic carbocycles. The highest BCUT2D eigenvalue weighted by molar-refractivity contribution is 5.33. The maximum Gasteiger partial charge on any atom is 0.126 e. The fraction of sp³-hybridized carbons (Fsp3) is 0.692. The van der Waals surface area contributed by atoms with E-state index in [4.69, 9.17) is 0 Å². The van der Waals surface area contributed by atoms with E-state index < -0.39 is 11.6 Å². The number of halogens is 2. The summed E-state index contributed by atoms with van der Waals surface area (Å²) >= 11 is 0. The molecule has 1 unspecified atom stereocenters. The van der Waals surface area contributed by atoms with Gasteiger partial charge in [0.05, 0.1) is 0 Å². The molecule has 6 atom stereocenters. The van der Waals surface area contributed by atoms with Crippen LogP contribution in [0.15, 0.2) is 29.8 Å². The van der Waals surface area contributed by atoms with Gasteiger partial charge in [-0.05, 0) is 109 Å². The highest BCUT2D eigenvalue weighted by atomic mass is 19.1. The lowest BCUT2D eigenvalue weighted by atomic mass is 9.45. The summed E-state index contributed by atoms with van der Waals surface area (Å²) in [6.07, 6.45) is 13.8. The van der Waals surface area contributed by atoms with Crippen LogP contribution in [0.25, 0.3) is 0 Å². The summed E-state index contributed by atoms with van der Waals surface area (Å²) in [7, 11) is 0. The lowest BCUT2D eigenvalue weighted by Gasteiger charge is -2.60. The first-order chi connectivity index (χ1) is 13.3. The van der Waals surface area contributed by atoms with Crippen LogP contribution >= 0.6 is 0 Å². The monoisotopic (exact) mass is 384 g/mol. The first-order valence-corrected chi connectivity index (χ1v) is 11.4. The van der Waals surface area contributed by atoms with Gasteiger partial charge in [-0.3, -0.25) is 0 Å². The van der Waals surface area contributed by atoms with E-state index in [1.54, 1.807) is 17.7 Å². The average molecular weight is 385 g/mol. The largest absolute Gasteiger partial charge is 0.207 e. The molecule has 3 saturated carbocycles. The Morgan fingerprint density at radius 1 is 0.857 bits per heavy atom. The zero-order valence-electron chi connectivity index (χ0n) is 17.7.